The Bertz CT molecular complexity index is 236. The minimum Gasteiger partial charge on any atom is -0.301 e. The fourth-order valence-electron chi connectivity index (χ4n) is 1.30. The third kappa shape index (κ3) is 4.25. The minimum absolute atomic E-state index is 0.196. The predicted molar refractivity (Wildman–Crippen MR) is 55.9 cm³/mol. The standard InChI is InChI=1S/C10H15ClN2/c1-9(11)7-13(2)8-10-4-3-5-12-6-10/h3-6,9H,7-8H2,1-2H3. The van der Waals surface area contributed by atoms with Crippen LogP contribution in [0, 0.1) is 0 Å². The zero-order valence-corrected chi connectivity index (χ0v) is 8.83. The first-order valence-corrected chi connectivity index (χ1v) is 4.83. The maximum absolute atomic E-state index is 5.88. The van der Waals surface area contributed by atoms with Crippen molar-refractivity contribution in [1.29, 1.82) is 0 Å². The van der Waals surface area contributed by atoms with Crippen molar-refractivity contribution in [1.82, 2.24) is 9.88 Å². The fraction of sp³-hybridized carbons (Fsp3) is 0.500. The van der Waals surface area contributed by atoms with Crippen molar-refractivity contribution in [3.05, 3.63) is 30.1 Å². The van der Waals surface area contributed by atoms with E-state index in [9.17, 15) is 0 Å². The molecule has 0 aromatic carbocycles. The van der Waals surface area contributed by atoms with Gasteiger partial charge in [-0.3, -0.25) is 4.98 Å². The van der Waals surface area contributed by atoms with Gasteiger partial charge in [-0.2, -0.15) is 0 Å². The first-order valence-electron chi connectivity index (χ1n) is 4.40. The van der Waals surface area contributed by atoms with Gasteiger partial charge in [0, 0.05) is 30.9 Å². The average molecular weight is 199 g/mol. The van der Waals surface area contributed by atoms with E-state index < -0.39 is 0 Å². The summed E-state index contributed by atoms with van der Waals surface area (Å²) in [5.41, 5.74) is 1.22. The highest BCUT2D eigenvalue weighted by Gasteiger charge is 2.03. The Labute approximate surface area is 84.5 Å². The lowest BCUT2D eigenvalue weighted by atomic mass is 10.2. The normalized spacial score (nSPS) is 13.2. The molecular weight excluding hydrogens is 184 g/mol. The second-order valence-corrected chi connectivity index (χ2v) is 4.08. The van der Waals surface area contributed by atoms with Crippen molar-refractivity contribution in [2.75, 3.05) is 13.6 Å². The van der Waals surface area contributed by atoms with Crippen LogP contribution in [-0.2, 0) is 6.54 Å². The smallest absolute Gasteiger partial charge is 0.0435 e. The van der Waals surface area contributed by atoms with Gasteiger partial charge in [0.15, 0.2) is 0 Å². The fourth-order valence-corrected chi connectivity index (χ4v) is 1.53. The maximum Gasteiger partial charge on any atom is 0.0435 e. The molecule has 1 atom stereocenters. The van der Waals surface area contributed by atoms with Crippen molar-refractivity contribution in [2.45, 2.75) is 18.8 Å². The highest BCUT2D eigenvalue weighted by Crippen LogP contribution is 2.03. The second-order valence-electron chi connectivity index (χ2n) is 3.34. The second kappa shape index (κ2) is 5.20. The number of hydrogen-bond acceptors (Lipinski definition) is 2. The maximum atomic E-state index is 5.88. The number of alkyl halides is 1. The molecule has 0 aliphatic rings. The van der Waals surface area contributed by atoms with Crippen molar-refractivity contribution >= 4 is 11.6 Å². The SMILES string of the molecule is CC(Cl)CN(C)Cc1cccnc1. The Morgan fingerprint density at radius 3 is 2.92 bits per heavy atom. The summed E-state index contributed by atoms with van der Waals surface area (Å²) >= 11 is 5.88. The van der Waals surface area contributed by atoms with E-state index in [0.29, 0.717) is 0 Å². The van der Waals surface area contributed by atoms with E-state index in [1.807, 2.05) is 19.2 Å². The molecule has 0 N–H and O–H groups in total. The van der Waals surface area contributed by atoms with Crippen LogP contribution in [-0.4, -0.2) is 28.9 Å². The van der Waals surface area contributed by atoms with Gasteiger partial charge >= 0.3 is 0 Å². The first kappa shape index (κ1) is 10.5. The lowest BCUT2D eigenvalue weighted by molar-refractivity contribution is 0.329. The molecule has 1 rings (SSSR count). The van der Waals surface area contributed by atoms with E-state index in [4.69, 9.17) is 11.6 Å². The molecule has 1 aromatic rings. The van der Waals surface area contributed by atoms with E-state index in [0.717, 1.165) is 13.1 Å². The van der Waals surface area contributed by atoms with Gasteiger partial charge in [-0.05, 0) is 25.6 Å². The van der Waals surface area contributed by atoms with E-state index >= 15 is 0 Å². The van der Waals surface area contributed by atoms with Gasteiger partial charge in [0.2, 0.25) is 0 Å². The summed E-state index contributed by atoms with van der Waals surface area (Å²) in [6.07, 6.45) is 3.67. The van der Waals surface area contributed by atoms with Gasteiger partial charge in [-0.1, -0.05) is 6.07 Å². The van der Waals surface area contributed by atoms with Crippen LogP contribution >= 0.6 is 11.6 Å². The lowest BCUT2D eigenvalue weighted by Gasteiger charge is -2.17. The monoisotopic (exact) mass is 198 g/mol. The molecule has 0 spiro atoms. The van der Waals surface area contributed by atoms with Gasteiger partial charge in [-0.15, -0.1) is 11.6 Å². The van der Waals surface area contributed by atoms with Crippen molar-refractivity contribution in [3.63, 3.8) is 0 Å². The molecule has 72 valence electrons. The van der Waals surface area contributed by atoms with Crippen LogP contribution in [0.4, 0.5) is 0 Å². The Hall–Kier alpha value is -0.600. The average Bonchev–Trinajstić information content (AvgIpc) is 2.04. The van der Waals surface area contributed by atoms with E-state index in [-0.39, 0.29) is 5.38 Å². The number of pyridine rings is 1. The van der Waals surface area contributed by atoms with Crippen LogP contribution in [0.3, 0.4) is 0 Å². The van der Waals surface area contributed by atoms with E-state index in [1.54, 1.807) is 6.20 Å². The number of rotatable bonds is 4. The highest BCUT2D eigenvalue weighted by atomic mass is 35.5. The molecule has 0 saturated heterocycles. The molecule has 2 nitrogen and oxygen atoms in total. The molecule has 0 aliphatic carbocycles. The summed E-state index contributed by atoms with van der Waals surface area (Å²) in [7, 11) is 2.06. The van der Waals surface area contributed by atoms with Gasteiger partial charge in [-0.25, -0.2) is 0 Å². The zero-order valence-electron chi connectivity index (χ0n) is 8.07. The third-order valence-corrected chi connectivity index (χ3v) is 1.88. The molecule has 1 unspecified atom stereocenters. The van der Waals surface area contributed by atoms with Crippen molar-refractivity contribution in [2.24, 2.45) is 0 Å². The summed E-state index contributed by atoms with van der Waals surface area (Å²) in [5, 5.41) is 0.196. The van der Waals surface area contributed by atoms with Crippen molar-refractivity contribution in [3.8, 4) is 0 Å². The molecule has 1 heterocycles. The van der Waals surface area contributed by atoms with Crippen LogP contribution < -0.4 is 0 Å². The number of hydrogen-bond donors (Lipinski definition) is 0. The van der Waals surface area contributed by atoms with Crippen LogP contribution in [0.5, 0.6) is 0 Å². The molecule has 0 saturated carbocycles. The summed E-state index contributed by atoms with van der Waals surface area (Å²) in [6, 6.07) is 4.02. The van der Waals surface area contributed by atoms with Crippen LogP contribution in [0.15, 0.2) is 24.5 Å². The molecular formula is C10H15ClN2. The van der Waals surface area contributed by atoms with Gasteiger partial charge in [0.25, 0.3) is 0 Å². The summed E-state index contributed by atoms with van der Waals surface area (Å²) in [5.74, 6) is 0. The van der Waals surface area contributed by atoms with Gasteiger partial charge in [0.1, 0.15) is 0 Å². The summed E-state index contributed by atoms with van der Waals surface area (Å²) < 4.78 is 0. The lowest BCUT2D eigenvalue weighted by Crippen LogP contribution is -2.24. The Kier molecular flexibility index (Phi) is 4.19. The largest absolute Gasteiger partial charge is 0.301 e. The van der Waals surface area contributed by atoms with Gasteiger partial charge < -0.3 is 4.90 Å². The predicted octanol–water partition coefficient (Wildman–Crippen LogP) is 2.14. The van der Waals surface area contributed by atoms with E-state index in [1.165, 1.54) is 5.56 Å². The Morgan fingerprint density at radius 2 is 2.38 bits per heavy atom. The molecule has 0 radical (unpaired) electrons. The van der Waals surface area contributed by atoms with Crippen LogP contribution in [0.25, 0.3) is 0 Å². The molecule has 0 aliphatic heterocycles. The molecule has 13 heavy (non-hydrogen) atoms. The topological polar surface area (TPSA) is 16.1 Å². The van der Waals surface area contributed by atoms with Crippen molar-refractivity contribution < 1.29 is 0 Å². The number of nitrogens with zero attached hydrogens (tertiary/aromatic N) is 2. The summed E-state index contributed by atoms with van der Waals surface area (Å²) in [6.45, 7) is 3.81. The van der Waals surface area contributed by atoms with Crippen LogP contribution in [0.2, 0.25) is 0 Å². The first-order chi connectivity index (χ1) is 6.18. The third-order valence-electron chi connectivity index (χ3n) is 1.74. The zero-order chi connectivity index (χ0) is 9.68. The summed E-state index contributed by atoms with van der Waals surface area (Å²) in [4.78, 5) is 6.25. The molecule has 0 fully saturated rings. The minimum atomic E-state index is 0.196. The molecule has 3 heteroatoms. The molecule has 0 bridgehead atoms. The number of halogens is 1. The van der Waals surface area contributed by atoms with E-state index in [2.05, 4.69) is 23.0 Å². The van der Waals surface area contributed by atoms with Crippen LogP contribution in [0.1, 0.15) is 12.5 Å². The Balaban J connectivity index is 2.41. The molecule has 1 aromatic heterocycles. The quantitative estimate of drug-likeness (QED) is 0.690. The Morgan fingerprint density at radius 1 is 1.62 bits per heavy atom. The van der Waals surface area contributed by atoms with Gasteiger partial charge in [0.05, 0.1) is 0 Å². The number of aromatic nitrogens is 1. The highest BCUT2D eigenvalue weighted by molar-refractivity contribution is 6.20. The molecule has 0 amide bonds.